The van der Waals surface area contributed by atoms with Crippen molar-refractivity contribution in [3.63, 3.8) is 0 Å². The number of rotatable bonds is 12. The predicted molar refractivity (Wildman–Crippen MR) is 173 cm³/mol. The number of nitrogens with one attached hydrogen (secondary N) is 1. The molecule has 0 radical (unpaired) electrons. The molecule has 0 saturated carbocycles. The van der Waals surface area contributed by atoms with Crippen molar-refractivity contribution in [3.05, 3.63) is 90.3 Å². The van der Waals surface area contributed by atoms with E-state index in [0.717, 1.165) is 59.0 Å². The number of fused-ring (bicyclic) bond motifs is 1. The van der Waals surface area contributed by atoms with Gasteiger partial charge in [-0.05, 0) is 67.5 Å². The SMILES string of the molecule is COCCCNC(=O)c1cc(-c2cccc3ccccc23)cn1Cc1cncn1CC1CCN(C(=O)OCC=C(C)C)CC1. The van der Waals surface area contributed by atoms with Gasteiger partial charge in [-0.3, -0.25) is 4.79 Å². The van der Waals surface area contributed by atoms with E-state index in [9.17, 15) is 9.59 Å². The third kappa shape index (κ3) is 7.77. The molecule has 0 bridgehead atoms. The molecule has 1 fully saturated rings. The largest absolute Gasteiger partial charge is 0.445 e. The first-order valence-electron chi connectivity index (χ1n) is 15.4. The van der Waals surface area contributed by atoms with Crippen LogP contribution in [0.4, 0.5) is 4.79 Å². The Kier molecular flexibility index (Phi) is 10.5. The van der Waals surface area contributed by atoms with E-state index >= 15 is 0 Å². The summed E-state index contributed by atoms with van der Waals surface area (Å²) in [5.41, 5.74) is 4.86. The number of aromatic nitrogens is 3. The van der Waals surface area contributed by atoms with Gasteiger partial charge < -0.3 is 28.8 Å². The lowest BCUT2D eigenvalue weighted by atomic mass is 9.97. The number of benzene rings is 2. The van der Waals surface area contributed by atoms with E-state index in [-0.39, 0.29) is 12.0 Å². The van der Waals surface area contributed by atoms with Gasteiger partial charge in [-0.2, -0.15) is 0 Å². The van der Waals surface area contributed by atoms with Crippen molar-refractivity contribution in [2.75, 3.05) is 40.0 Å². The fraction of sp³-hybridized carbons (Fsp3) is 0.400. The van der Waals surface area contributed by atoms with E-state index in [1.54, 1.807) is 12.0 Å². The summed E-state index contributed by atoms with van der Waals surface area (Å²) >= 11 is 0. The Hall–Kier alpha value is -4.37. The highest BCUT2D eigenvalue weighted by Crippen LogP contribution is 2.30. The molecular weight excluding hydrogens is 554 g/mol. The Morgan fingerprint density at radius 1 is 1.07 bits per heavy atom. The number of nitrogens with zero attached hydrogens (tertiary/aromatic N) is 4. The highest BCUT2D eigenvalue weighted by atomic mass is 16.6. The number of imidazole rings is 1. The summed E-state index contributed by atoms with van der Waals surface area (Å²) in [5, 5.41) is 5.37. The third-order valence-corrected chi connectivity index (χ3v) is 8.20. The molecule has 9 nitrogen and oxygen atoms in total. The summed E-state index contributed by atoms with van der Waals surface area (Å²) in [6.45, 7) is 8.12. The first-order valence-corrected chi connectivity index (χ1v) is 15.4. The zero-order valence-electron chi connectivity index (χ0n) is 26.0. The average Bonchev–Trinajstić information content (AvgIpc) is 3.66. The second kappa shape index (κ2) is 14.9. The molecule has 0 unspecified atom stereocenters. The standard InChI is InChI=1S/C35H43N5O4/c1-26(2)14-19-44-35(42)38-16-12-27(13-17-38)22-40-25-36-21-30(40)24-39-23-29(20-33(39)34(41)37-15-7-18-43-3)32-11-6-9-28-8-4-5-10-31(28)32/h4-6,8-11,14,20-21,23,25,27H,7,12-13,15-19,22,24H2,1-3H3,(H,37,41). The van der Waals surface area contributed by atoms with Crippen molar-refractivity contribution in [2.24, 2.45) is 5.92 Å². The van der Waals surface area contributed by atoms with Crippen LogP contribution in [0, 0.1) is 5.92 Å². The Morgan fingerprint density at radius 3 is 2.66 bits per heavy atom. The van der Waals surface area contributed by atoms with Crippen LogP contribution < -0.4 is 5.32 Å². The van der Waals surface area contributed by atoms with Crippen molar-refractivity contribution in [1.29, 1.82) is 0 Å². The molecule has 2 aromatic heterocycles. The number of likely N-dealkylation sites (tertiary alicyclic amines) is 1. The molecule has 9 heteroatoms. The van der Waals surface area contributed by atoms with Gasteiger partial charge in [0.2, 0.25) is 0 Å². The Morgan fingerprint density at radius 2 is 1.86 bits per heavy atom. The van der Waals surface area contributed by atoms with Crippen LogP contribution >= 0.6 is 0 Å². The molecule has 1 aliphatic heterocycles. The van der Waals surface area contributed by atoms with Crippen LogP contribution in [0.1, 0.15) is 49.3 Å². The van der Waals surface area contributed by atoms with Gasteiger partial charge in [0.05, 0.1) is 18.6 Å². The first-order chi connectivity index (χ1) is 21.4. The molecule has 232 valence electrons. The normalized spacial score (nSPS) is 13.7. The number of methoxy groups -OCH3 is 1. The number of hydrogen-bond donors (Lipinski definition) is 1. The molecule has 1 N–H and O–H groups in total. The van der Waals surface area contributed by atoms with Gasteiger partial charge in [0.25, 0.3) is 5.91 Å². The van der Waals surface area contributed by atoms with Crippen LogP contribution in [0.5, 0.6) is 0 Å². The van der Waals surface area contributed by atoms with E-state index in [0.29, 0.717) is 51.0 Å². The van der Waals surface area contributed by atoms with E-state index in [2.05, 4.69) is 51.4 Å². The average molecular weight is 598 g/mol. The molecule has 0 aliphatic carbocycles. The number of carbonyl (C=O) groups is 2. The zero-order chi connectivity index (χ0) is 30.9. The maximum absolute atomic E-state index is 13.4. The number of allylic oxidation sites excluding steroid dienone is 1. The molecule has 44 heavy (non-hydrogen) atoms. The lowest BCUT2D eigenvalue weighted by Gasteiger charge is -2.31. The van der Waals surface area contributed by atoms with Crippen LogP contribution in [0.3, 0.4) is 0 Å². The lowest BCUT2D eigenvalue weighted by molar-refractivity contribution is 0.0930. The van der Waals surface area contributed by atoms with Gasteiger partial charge in [0.15, 0.2) is 0 Å². The summed E-state index contributed by atoms with van der Waals surface area (Å²) in [5.74, 6) is 0.312. The van der Waals surface area contributed by atoms with E-state index in [4.69, 9.17) is 9.47 Å². The molecular formula is C35H43N5O4. The molecule has 1 saturated heterocycles. The van der Waals surface area contributed by atoms with E-state index in [1.807, 2.05) is 55.2 Å². The first kappa shape index (κ1) is 31.1. The highest BCUT2D eigenvalue weighted by molar-refractivity contribution is 5.99. The molecule has 1 aliphatic rings. The summed E-state index contributed by atoms with van der Waals surface area (Å²) in [6.07, 6.45) is 10.0. The van der Waals surface area contributed by atoms with Gasteiger partial charge in [0.1, 0.15) is 12.3 Å². The molecule has 3 heterocycles. The molecule has 5 rings (SSSR count). The zero-order valence-corrected chi connectivity index (χ0v) is 26.0. The van der Waals surface area contributed by atoms with Crippen molar-refractivity contribution >= 4 is 22.8 Å². The van der Waals surface area contributed by atoms with Crippen LogP contribution in [-0.4, -0.2) is 71.0 Å². The number of ether oxygens (including phenoxy) is 2. The van der Waals surface area contributed by atoms with E-state index in [1.165, 1.54) is 0 Å². The predicted octanol–water partition coefficient (Wildman–Crippen LogP) is 6.13. The minimum absolute atomic E-state index is 0.109. The molecule has 2 aromatic carbocycles. The van der Waals surface area contributed by atoms with Gasteiger partial charge in [-0.25, -0.2) is 9.78 Å². The smallest absolute Gasteiger partial charge is 0.410 e. The summed E-state index contributed by atoms with van der Waals surface area (Å²) in [4.78, 5) is 32.1. The lowest BCUT2D eigenvalue weighted by Crippen LogP contribution is -2.39. The van der Waals surface area contributed by atoms with Crippen LogP contribution in [0.2, 0.25) is 0 Å². The molecule has 2 amide bonds. The van der Waals surface area contributed by atoms with Gasteiger partial charge >= 0.3 is 6.09 Å². The minimum Gasteiger partial charge on any atom is -0.445 e. The Balaban J connectivity index is 1.31. The molecule has 4 aromatic rings. The fourth-order valence-corrected chi connectivity index (χ4v) is 5.73. The van der Waals surface area contributed by atoms with Gasteiger partial charge in [-0.1, -0.05) is 48.0 Å². The Bertz CT molecular complexity index is 1590. The number of hydrogen-bond acceptors (Lipinski definition) is 5. The van der Waals surface area contributed by atoms with Crippen LogP contribution in [-0.2, 0) is 22.6 Å². The monoisotopic (exact) mass is 597 g/mol. The third-order valence-electron chi connectivity index (χ3n) is 8.20. The maximum Gasteiger partial charge on any atom is 0.410 e. The van der Waals surface area contributed by atoms with Crippen molar-refractivity contribution in [2.45, 2.75) is 46.2 Å². The second-order valence-corrected chi connectivity index (χ2v) is 11.7. The number of carbonyl (C=O) groups excluding carboxylic acids is 2. The number of amides is 2. The minimum atomic E-state index is -0.244. The van der Waals surface area contributed by atoms with Crippen molar-refractivity contribution < 1.29 is 19.1 Å². The van der Waals surface area contributed by atoms with Gasteiger partial charge in [0, 0.05) is 57.9 Å². The highest BCUT2D eigenvalue weighted by Gasteiger charge is 2.25. The van der Waals surface area contributed by atoms with Crippen molar-refractivity contribution in [3.8, 4) is 11.1 Å². The van der Waals surface area contributed by atoms with Crippen molar-refractivity contribution in [1.82, 2.24) is 24.3 Å². The number of piperidine rings is 1. The molecule has 0 atom stereocenters. The summed E-state index contributed by atoms with van der Waals surface area (Å²) in [6, 6.07) is 16.6. The van der Waals surface area contributed by atoms with Crippen LogP contribution in [0.15, 0.2) is 78.9 Å². The van der Waals surface area contributed by atoms with Gasteiger partial charge in [-0.15, -0.1) is 0 Å². The van der Waals surface area contributed by atoms with Crippen LogP contribution in [0.25, 0.3) is 21.9 Å². The van der Waals surface area contributed by atoms with E-state index < -0.39 is 0 Å². The fourth-order valence-electron chi connectivity index (χ4n) is 5.73. The Labute approximate surface area is 259 Å². The molecule has 0 spiro atoms. The maximum atomic E-state index is 13.4. The topological polar surface area (TPSA) is 90.6 Å². The summed E-state index contributed by atoms with van der Waals surface area (Å²) < 4.78 is 14.8. The second-order valence-electron chi connectivity index (χ2n) is 11.7. The quantitative estimate of drug-likeness (QED) is 0.157. The summed E-state index contributed by atoms with van der Waals surface area (Å²) in [7, 11) is 1.66.